The number of hydrogen-bond donors (Lipinski definition) is 2. The highest BCUT2D eigenvalue weighted by Crippen LogP contribution is 2.35. The summed E-state index contributed by atoms with van der Waals surface area (Å²) in [5, 5.41) is 13.5. The molecule has 0 aliphatic rings. The molecule has 172 valence electrons. The lowest BCUT2D eigenvalue weighted by Crippen LogP contribution is -2.07. The molecule has 0 atom stereocenters. The van der Waals surface area contributed by atoms with Gasteiger partial charge in [-0.05, 0) is 58.0 Å². The van der Waals surface area contributed by atoms with Crippen LogP contribution in [0.25, 0.3) is 28.1 Å². The van der Waals surface area contributed by atoms with E-state index in [0.717, 1.165) is 34.0 Å². The van der Waals surface area contributed by atoms with Gasteiger partial charge < -0.3 is 0 Å². The highest BCUT2D eigenvalue weighted by atomic mass is 32.1. The van der Waals surface area contributed by atoms with Gasteiger partial charge in [-0.1, -0.05) is 67.6 Å². The van der Waals surface area contributed by atoms with Crippen LogP contribution in [0.15, 0.2) is 96.6 Å². The summed E-state index contributed by atoms with van der Waals surface area (Å²) in [6.45, 7) is 2.19. The zero-order chi connectivity index (χ0) is 24.0. The number of fused-ring (bicyclic) bond motifs is 1. The van der Waals surface area contributed by atoms with Crippen molar-refractivity contribution < 1.29 is 4.79 Å². The normalized spacial score (nSPS) is 12.1. The number of allylic oxidation sites excluding steroid dienone is 1. The predicted octanol–water partition coefficient (Wildman–Crippen LogP) is 7.04. The summed E-state index contributed by atoms with van der Waals surface area (Å²) in [4.78, 5) is 16.2. The summed E-state index contributed by atoms with van der Waals surface area (Å²) in [7, 11) is 0. The molecular formula is C29H24N4OS. The van der Waals surface area contributed by atoms with Crippen LogP contribution >= 0.6 is 11.3 Å². The molecule has 0 fully saturated rings. The summed E-state index contributed by atoms with van der Waals surface area (Å²) in [5.41, 5.74) is 7.91. The van der Waals surface area contributed by atoms with Crippen LogP contribution in [0.1, 0.15) is 35.6 Å². The zero-order valence-electron chi connectivity index (χ0n) is 19.2. The molecule has 3 aromatic carbocycles. The van der Waals surface area contributed by atoms with E-state index in [-0.39, 0.29) is 5.91 Å². The van der Waals surface area contributed by atoms with E-state index in [1.165, 1.54) is 34.1 Å². The number of aromatic nitrogens is 3. The minimum absolute atomic E-state index is 0.199. The molecule has 0 spiro atoms. The van der Waals surface area contributed by atoms with Crippen molar-refractivity contribution in [3.8, 4) is 0 Å². The zero-order valence-corrected chi connectivity index (χ0v) is 20.0. The van der Waals surface area contributed by atoms with E-state index in [0.29, 0.717) is 5.13 Å². The molecule has 2 aromatic heterocycles. The number of thiazole rings is 1. The molecular weight excluding hydrogens is 452 g/mol. The van der Waals surface area contributed by atoms with Crippen LogP contribution in [0.4, 0.5) is 5.13 Å². The summed E-state index contributed by atoms with van der Waals surface area (Å²) in [6, 6.07) is 25.2. The maximum Gasteiger partial charge on any atom is 0.250 e. The summed E-state index contributed by atoms with van der Waals surface area (Å²) < 4.78 is 0. The minimum atomic E-state index is -0.199. The monoisotopic (exact) mass is 476 g/mol. The van der Waals surface area contributed by atoms with Crippen LogP contribution in [0.2, 0.25) is 0 Å². The number of benzene rings is 3. The van der Waals surface area contributed by atoms with Crippen molar-refractivity contribution in [3.05, 3.63) is 119 Å². The smallest absolute Gasteiger partial charge is 0.250 e. The maximum atomic E-state index is 12.2. The van der Waals surface area contributed by atoms with E-state index < -0.39 is 0 Å². The van der Waals surface area contributed by atoms with E-state index in [2.05, 4.69) is 82.0 Å². The first kappa shape index (κ1) is 22.5. The number of rotatable bonds is 7. The Labute approximate surface area is 207 Å². The van der Waals surface area contributed by atoms with Gasteiger partial charge in [-0.25, -0.2) is 4.98 Å². The highest BCUT2D eigenvalue weighted by molar-refractivity contribution is 7.13. The van der Waals surface area contributed by atoms with Gasteiger partial charge in [-0.15, -0.1) is 11.3 Å². The molecule has 0 bridgehead atoms. The van der Waals surface area contributed by atoms with Gasteiger partial charge in [0.1, 0.15) is 0 Å². The largest absolute Gasteiger partial charge is 0.298 e. The lowest BCUT2D eigenvalue weighted by molar-refractivity contribution is -0.111. The van der Waals surface area contributed by atoms with Crippen molar-refractivity contribution in [2.24, 2.45) is 0 Å². The van der Waals surface area contributed by atoms with Crippen LogP contribution in [0, 0.1) is 0 Å². The molecule has 35 heavy (non-hydrogen) atoms. The first-order chi connectivity index (χ1) is 17.2. The number of carbonyl (C=O) groups excluding carboxylic acids is 1. The molecule has 0 saturated heterocycles. The fourth-order valence-electron chi connectivity index (χ4n) is 4.14. The molecule has 1 amide bonds. The Morgan fingerprint density at radius 3 is 2.54 bits per heavy atom. The third-order valence-electron chi connectivity index (χ3n) is 5.80. The van der Waals surface area contributed by atoms with Gasteiger partial charge in [0, 0.05) is 23.0 Å². The van der Waals surface area contributed by atoms with Gasteiger partial charge >= 0.3 is 0 Å². The molecule has 0 aliphatic heterocycles. The Morgan fingerprint density at radius 2 is 1.80 bits per heavy atom. The van der Waals surface area contributed by atoms with Crippen molar-refractivity contribution in [1.29, 1.82) is 0 Å². The topological polar surface area (TPSA) is 70.7 Å². The lowest BCUT2D eigenvalue weighted by atomic mass is 9.87. The Hall–Kier alpha value is -4.29. The second kappa shape index (κ2) is 10.3. The molecule has 6 heteroatoms. The van der Waals surface area contributed by atoms with Crippen LogP contribution < -0.4 is 5.32 Å². The number of nitrogens with zero attached hydrogens (tertiary/aromatic N) is 2. The third-order valence-corrected chi connectivity index (χ3v) is 6.48. The van der Waals surface area contributed by atoms with Crippen LogP contribution in [-0.2, 0) is 4.79 Å². The van der Waals surface area contributed by atoms with Crippen molar-refractivity contribution in [3.63, 3.8) is 0 Å². The molecule has 0 unspecified atom stereocenters. The maximum absolute atomic E-state index is 12.2. The number of nitrogens with one attached hydrogen (secondary N) is 2. The average molecular weight is 477 g/mol. The quantitative estimate of drug-likeness (QED) is 0.195. The second-order valence-electron chi connectivity index (χ2n) is 8.03. The number of hydrogen-bond acceptors (Lipinski definition) is 4. The van der Waals surface area contributed by atoms with Crippen molar-refractivity contribution in [2.75, 3.05) is 5.32 Å². The molecule has 0 radical (unpaired) electrons. The molecule has 0 saturated carbocycles. The van der Waals surface area contributed by atoms with Crippen molar-refractivity contribution >= 4 is 50.5 Å². The van der Waals surface area contributed by atoms with Crippen LogP contribution in [0.3, 0.4) is 0 Å². The molecule has 2 N–H and O–H groups in total. The number of amides is 1. The Balaban J connectivity index is 1.51. The van der Waals surface area contributed by atoms with Gasteiger partial charge in [0.2, 0.25) is 5.91 Å². The third kappa shape index (κ3) is 5.13. The van der Waals surface area contributed by atoms with Crippen LogP contribution in [0.5, 0.6) is 0 Å². The van der Waals surface area contributed by atoms with Gasteiger partial charge in [0.05, 0.1) is 11.7 Å². The van der Waals surface area contributed by atoms with Gasteiger partial charge in [0.15, 0.2) is 5.13 Å². The van der Waals surface area contributed by atoms with E-state index in [1.807, 2.05) is 35.9 Å². The molecule has 2 heterocycles. The van der Waals surface area contributed by atoms with Gasteiger partial charge in [0.25, 0.3) is 0 Å². The van der Waals surface area contributed by atoms with E-state index >= 15 is 0 Å². The van der Waals surface area contributed by atoms with E-state index in [4.69, 9.17) is 0 Å². The first-order valence-corrected chi connectivity index (χ1v) is 12.3. The van der Waals surface area contributed by atoms with Crippen LogP contribution in [-0.4, -0.2) is 21.1 Å². The predicted molar refractivity (Wildman–Crippen MR) is 145 cm³/mol. The number of carbonyl (C=O) groups is 1. The number of anilines is 1. The fourth-order valence-corrected chi connectivity index (χ4v) is 4.67. The Kier molecular flexibility index (Phi) is 6.63. The van der Waals surface area contributed by atoms with E-state index in [1.54, 1.807) is 6.20 Å². The Morgan fingerprint density at radius 1 is 1.00 bits per heavy atom. The number of H-pyrrole nitrogens is 1. The molecule has 5 nitrogen and oxygen atoms in total. The lowest BCUT2D eigenvalue weighted by Gasteiger charge is -2.17. The highest BCUT2D eigenvalue weighted by Gasteiger charge is 2.14. The van der Waals surface area contributed by atoms with Crippen molar-refractivity contribution in [1.82, 2.24) is 15.2 Å². The van der Waals surface area contributed by atoms with Gasteiger partial charge in [-0.3, -0.25) is 15.2 Å². The van der Waals surface area contributed by atoms with Crippen molar-refractivity contribution in [2.45, 2.75) is 13.3 Å². The standard InChI is InChI=1S/C29H24N4OS/c1-2-25(21-6-4-3-5-7-21)28(23-13-14-26-24(18-23)19-31-33-26)22-11-8-20(9-12-22)10-15-27(34)32-29-30-16-17-35-29/h3-19H,2H2,1H3,(H,31,33)(H,30,32,34)/b15-10+,28-25+. The summed E-state index contributed by atoms with van der Waals surface area (Å²) >= 11 is 1.39. The molecule has 5 rings (SSSR count). The molecule has 0 aliphatic carbocycles. The SMILES string of the molecule is CC/C(=C(/c1ccc(/C=C/C(=O)Nc2nccs2)cc1)c1ccc2[nH]ncc2c1)c1ccccc1. The van der Waals surface area contributed by atoms with Gasteiger partial charge in [-0.2, -0.15) is 5.10 Å². The number of aromatic amines is 1. The first-order valence-electron chi connectivity index (χ1n) is 11.4. The second-order valence-corrected chi connectivity index (χ2v) is 8.92. The average Bonchev–Trinajstić information content (AvgIpc) is 3.58. The Bertz CT molecular complexity index is 1500. The molecule has 5 aromatic rings. The fraction of sp³-hybridized carbons (Fsp3) is 0.0690. The minimum Gasteiger partial charge on any atom is -0.298 e. The van der Waals surface area contributed by atoms with E-state index in [9.17, 15) is 4.79 Å². The summed E-state index contributed by atoms with van der Waals surface area (Å²) in [6.07, 6.45) is 7.75. The summed E-state index contributed by atoms with van der Waals surface area (Å²) in [5.74, 6) is -0.199.